The normalized spacial score (nSPS) is 13.0. The minimum atomic E-state index is -4.89. The number of aryl methyl sites for hydroxylation is 1. The lowest BCUT2D eigenvalue weighted by molar-refractivity contribution is 0.631. The molecule has 0 saturated carbocycles. The summed E-state index contributed by atoms with van der Waals surface area (Å²) in [6, 6.07) is 6.44. The van der Waals surface area contributed by atoms with Crippen LogP contribution in [-0.4, -0.2) is 0 Å². The van der Waals surface area contributed by atoms with Gasteiger partial charge in [0, 0.05) is 0 Å². The average Bonchev–Trinajstić information content (AvgIpc) is 1.91. The number of rotatable bonds is 2. The van der Waals surface area contributed by atoms with E-state index in [2.05, 4.69) is 0 Å². The molecule has 1 aromatic carbocycles. The molecule has 0 spiro atoms. The molecule has 0 unspecified atom stereocenters. The summed E-state index contributed by atoms with van der Waals surface area (Å²) in [5.41, 5.74) is 1.33. The van der Waals surface area contributed by atoms with Gasteiger partial charge in [-0.2, -0.15) is 0 Å². The molecule has 0 saturated heterocycles. The SMILES string of the molecule is Cc1ccc(CS(F)(F)F)cc1. The molecular formula is C8H9F3S. The summed E-state index contributed by atoms with van der Waals surface area (Å²) in [4.78, 5) is 0. The van der Waals surface area contributed by atoms with Crippen LogP contribution in [0.5, 0.6) is 0 Å². The Bertz CT molecular complexity index is 250. The molecule has 0 nitrogen and oxygen atoms in total. The van der Waals surface area contributed by atoms with Crippen molar-refractivity contribution in [2.75, 3.05) is 0 Å². The van der Waals surface area contributed by atoms with E-state index in [-0.39, 0.29) is 0 Å². The van der Waals surface area contributed by atoms with Crippen molar-refractivity contribution in [3.05, 3.63) is 35.4 Å². The van der Waals surface area contributed by atoms with Crippen molar-refractivity contribution < 1.29 is 11.7 Å². The summed E-state index contributed by atoms with van der Waals surface area (Å²) in [5.74, 6) is -0.757. The summed E-state index contributed by atoms with van der Waals surface area (Å²) in [6.07, 6.45) is 0. The maximum absolute atomic E-state index is 11.9. The number of benzene rings is 1. The van der Waals surface area contributed by atoms with Gasteiger partial charge in [0.15, 0.2) is 0 Å². The van der Waals surface area contributed by atoms with Crippen LogP contribution in [0.2, 0.25) is 0 Å². The van der Waals surface area contributed by atoms with Crippen LogP contribution in [0.3, 0.4) is 0 Å². The second kappa shape index (κ2) is 3.39. The van der Waals surface area contributed by atoms with Gasteiger partial charge in [-0.15, -0.1) is 11.7 Å². The topological polar surface area (TPSA) is 0 Å². The Labute approximate surface area is 71.6 Å². The van der Waals surface area contributed by atoms with Gasteiger partial charge in [-0.3, -0.25) is 0 Å². The largest absolute Gasteiger partial charge is 0.213 e. The third-order valence-electron chi connectivity index (χ3n) is 1.45. The highest BCUT2D eigenvalue weighted by Crippen LogP contribution is 2.55. The molecule has 4 heteroatoms. The van der Waals surface area contributed by atoms with Crippen molar-refractivity contribution in [1.29, 1.82) is 0 Å². The first-order valence-electron chi connectivity index (χ1n) is 3.43. The maximum atomic E-state index is 11.9. The first kappa shape index (κ1) is 9.45. The van der Waals surface area contributed by atoms with Crippen LogP contribution in [-0.2, 0) is 5.75 Å². The van der Waals surface area contributed by atoms with E-state index in [1.165, 1.54) is 12.1 Å². The lowest BCUT2D eigenvalue weighted by atomic mass is 10.2. The predicted octanol–water partition coefficient (Wildman–Crippen LogP) is 3.95. The van der Waals surface area contributed by atoms with Crippen LogP contribution < -0.4 is 0 Å². The van der Waals surface area contributed by atoms with Crippen LogP contribution >= 0.6 is 11.2 Å². The van der Waals surface area contributed by atoms with Crippen LogP contribution in [0.4, 0.5) is 11.7 Å². The van der Waals surface area contributed by atoms with E-state index >= 15 is 0 Å². The Morgan fingerprint density at radius 2 is 1.58 bits per heavy atom. The Kier molecular flexibility index (Phi) is 2.67. The zero-order valence-electron chi connectivity index (χ0n) is 6.56. The zero-order chi connectivity index (χ0) is 9.19. The summed E-state index contributed by atoms with van der Waals surface area (Å²) in [5, 5.41) is 0. The molecule has 0 aliphatic heterocycles. The van der Waals surface area contributed by atoms with Gasteiger partial charge in [0.05, 0.1) is 5.75 Å². The van der Waals surface area contributed by atoms with Crippen molar-refractivity contribution in [3.8, 4) is 0 Å². The van der Waals surface area contributed by atoms with Crippen molar-refractivity contribution in [3.63, 3.8) is 0 Å². The zero-order valence-corrected chi connectivity index (χ0v) is 7.38. The number of hydrogen-bond acceptors (Lipinski definition) is 0. The summed E-state index contributed by atoms with van der Waals surface area (Å²) >= 11 is -4.89. The van der Waals surface area contributed by atoms with Gasteiger partial charge in [-0.05, 0) is 12.5 Å². The average molecular weight is 194 g/mol. The Morgan fingerprint density at radius 3 is 2.00 bits per heavy atom. The third-order valence-corrected chi connectivity index (χ3v) is 2.11. The Morgan fingerprint density at radius 1 is 1.08 bits per heavy atom. The molecule has 0 amide bonds. The van der Waals surface area contributed by atoms with Gasteiger partial charge in [0.1, 0.15) is 0 Å². The van der Waals surface area contributed by atoms with Crippen molar-refractivity contribution >= 4 is 11.2 Å². The molecule has 1 rings (SSSR count). The Balaban J connectivity index is 2.71. The molecule has 0 fully saturated rings. The highest BCUT2D eigenvalue weighted by molar-refractivity contribution is 8.20. The van der Waals surface area contributed by atoms with Gasteiger partial charge >= 0.3 is 0 Å². The molecule has 0 aromatic heterocycles. The number of halogens is 3. The van der Waals surface area contributed by atoms with Crippen LogP contribution in [0, 0.1) is 6.92 Å². The van der Waals surface area contributed by atoms with Gasteiger partial charge in [-0.25, -0.2) is 0 Å². The second-order valence-electron chi connectivity index (χ2n) is 2.63. The summed E-state index contributed by atoms with van der Waals surface area (Å²) < 4.78 is 35.8. The van der Waals surface area contributed by atoms with Crippen molar-refractivity contribution in [2.45, 2.75) is 12.7 Å². The highest BCUT2D eigenvalue weighted by atomic mass is 32.3. The third kappa shape index (κ3) is 3.17. The molecule has 0 aliphatic carbocycles. The molecule has 0 aliphatic rings. The molecule has 1 aromatic rings. The second-order valence-corrected chi connectivity index (χ2v) is 3.93. The van der Waals surface area contributed by atoms with Crippen LogP contribution in [0.15, 0.2) is 24.3 Å². The molecule has 0 bridgehead atoms. The smallest absolute Gasteiger partial charge is 0.125 e. The summed E-state index contributed by atoms with van der Waals surface area (Å²) in [6.45, 7) is 1.85. The van der Waals surface area contributed by atoms with E-state index in [1.807, 2.05) is 6.92 Å². The van der Waals surface area contributed by atoms with Gasteiger partial charge in [0.2, 0.25) is 11.2 Å². The fourth-order valence-electron chi connectivity index (χ4n) is 0.873. The lowest BCUT2D eigenvalue weighted by Crippen LogP contribution is -1.85. The van der Waals surface area contributed by atoms with E-state index in [9.17, 15) is 11.7 Å². The van der Waals surface area contributed by atoms with Crippen LogP contribution in [0.1, 0.15) is 11.1 Å². The fraction of sp³-hybridized carbons (Fsp3) is 0.250. The van der Waals surface area contributed by atoms with E-state index in [0.717, 1.165) is 5.56 Å². The van der Waals surface area contributed by atoms with E-state index in [0.29, 0.717) is 5.56 Å². The molecule has 68 valence electrons. The van der Waals surface area contributed by atoms with Crippen molar-refractivity contribution in [2.24, 2.45) is 0 Å². The maximum Gasteiger partial charge on any atom is 0.213 e. The standard InChI is InChI=1S/C8H9F3S/c1-7-2-4-8(5-3-7)6-12(9,10)11/h2-5H,6H2,1H3. The lowest BCUT2D eigenvalue weighted by Gasteiger charge is -2.09. The molecule has 0 N–H and O–H groups in total. The van der Waals surface area contributed by atoms with E-state index < -0.39 is 16.9 Å². The summed E-state index contributed by atoms with van der Waals surface area (Å²) in [7, 11) is 0. The molecular weight excluding hydrogens is 185 g/mol. The predicted molar refractivity (Wildman–Crippen MR) is 45.8 cm³/mol. The minimum Gasteiger partial charge on any atom is -0.125 e. The Hall–Kier alpha value is -0.640. The van der Waals surface area contributed by atoms with Gasteiger partial charge < -0.3 is 0 Å². The first-order chi connectivity index (χ1) is 5.47. The van der Waals surface area contributed by atoms with Crippen LogP contribution in [0.25, 0.3) is 0 Å². The van der Waals surface area contributed by atoms with Gasteiger partial charge in [-0.1, -0.05) is 29.8 Å². The molecule has 0 radical (unpaired) electrons. The van der Waals surface area contributed by atoms with Gasteiger partial charge in [0.25, 0.3) is 0 Å². The highest BCUT2D eigenvalue weighted by Gasteiger charge is 2.20. The number of hydrogen-bond donors (Lipinski definition) is 0. The molecule has 0 heterocycles. The minimum absolute atomic E-state index is 0.350. The molecule has 0 atom stereocenters. The monoisotopic (exact) mass is 194 g/mol. The van der Waals surface area contributed by atoms with E-state index in [4.69, 9.17) is 0 Å². The first-order valence-corrected chi connectivity index (χ1v) is 4.93. The van der Waals surface area contributed by atoms with E-state index in [1.54, 1.807) is 12.1 Å². The molecule has 12 heavy (non-hydrogen) atoms. The van der Waals surface area contributed by atoms with Crippen molar-refractivity contribution in [1.82, 2.24) is 0 Å². The quantitative estimate of drug-likeness (QED) is 0.668. The fourth-order valence-corrected chi connectivity index (χ4v) is 1.44.